The van der Waals surface area contributed by atoms with Crippen molar-refractivity contribution in [2.24, 2.45) is 0 Å². The SMILES string of the molecule is Clc1cccc(CC(Cl)c2ccsc2)c1. The van der Waals surface area contributed by atoms with E-state index in [1.54, 1.807) is 11.3 Å². The van der Waals surface area contributed by atoms with Gasteiger partial charge in [0, 0.05) is 5.02 Å². The van der Waals surface area contributed by atoms with E-state index in [0.717, 1.165) is 11.4 Å². The summed E-state index contributed by atoms with van der Waals surface area (Å²) in [4.78, 5) is 0. The second kappa shape index (κ2) is 5.02. The van der Waals surface area contributed by atoms with Gasteiger partial charge in [0.1, 0.15) is 0 Å². The van der Waals surface area contributed by atoms with Crippen LogP contribution in [0.2, 0.25) is 5.02 Å². The molecule has 1 unspecified atom stereocenters. The summed E-state index contributed by atoms with van der Waals surface area (Å²) in [5.41, 5.74) is 2.36. The van der Waals surface area contributed by atoms with Crippen LogP contribution in [0.25, 0.3) is 0 Å². The molecular formula is C12H10Cl2S. The molecule has 0 radical (unpaired) electrons. The summed E-state index contributed by atoms with van der Waals surface area (Å²) >= 11 is 13.9. The molecule has 3 heteroatoms. The molecule has 1 heterocycles. The van der Waals surface area contributed by atoms with Crippen molar-refractivity contribution < 1.29 is 0 Å². The fourth-order valence-electron chi connectivity index (χ4n) is 1.44. The van der Waals surface area contributed by atoms with Gasteiger partial charge < -0.3 is 0 Å². The van der Waals surface area contributed by atoms with E-state index in [-0.39, 0.29) is 5.38 Å². The minimum absolute atomic E-state index is 0.0368. The topological polar surface area (TPSA) is 0 Å². The van der Waals surface area contributed by atoms with Crippen LogP contribution in [0.15, 0.2) is 41.1 Å². The van der Waals surface area contributed by atoms with Gasteiger partial charge in [-0.05, 0) is 46.5 Å². The average molecular weight is 257 g/mol. The lowest BCUT2D eigenvalue weighted by Crippen LogP contribution is -1.93. The van der Waals surface area contributed by atoms with Crippen molar-refractivity contribution in [1.82, 2.24) is 0 Å². The van der Waals surface area contributed by atoms with Gasteiger partial charge in [-0.15, -0.1) is 11.6 Å². The lowest BCUT2D eigenvalue weighted by molar-refractivity contribution is 0.925. The summed E-state index contributed by atoms with van der Waals surface area (Å²) in [6, 6.07) is 9.90. The Bertz CT molecular complexity index is 423. The van der Waals surface area contributed by atoms with Crippen LogP contribution < -0.4 is 0 Å². The highest BCUT2D eigenvalue weighted by Crippen LogP contribution is 2.27. The van der Waals surface area contributed by atoms with E-state index in [9.17, 15) is 0 Å². The Balaban J connectivity index is 2.09. The number of alkyl halides is 1. The third-order valence-corrected chi connectivity index (χ3v) is 3.55. The number of hydrogen-bond acceptors (Lipinski definition) is 1. The van der Waals surface area contributed by atoms with E-state index in [0.29, 0.717) is 0 Å². The van der Waals surface area contributed by atoms with Crippen molar-refractivity contribution in [3.8, 4) is 0 Å². The van der Waals surface area contributed by atoms with Gasteiger partial charge in [0.15, 0.2) is 0 Å². The maximum absolute atomic E-state index is 6.30. The largest absolute Gasteiger partial charge is 0.152 e. The van der Waals surface area contributed by atoms with Crippen LogP contribution in [0.4, 0.5) is 0 Å². The smallest absolute Gasteiger partial charge is 0.0633 e. The number of halogens is 2. The molecule has 0 aliphatic heterocycles. The molecule has 0 saturated heterocycles. The summed E-state index contributed by atoms with van der Waals surface area (Å²) in [6.07, 6.45) is 0.818. The van der Waals surface area contributed by atoms with E-state index in [1.807, 2.05) is 29.6 Å². The normalized spacial score (nSPS) is 12.7. The van der Waals surface area contributed by atoms with Crippen LogP contribution >= 0.6 is 34.5 Å². The Morgan fingerprint density at radius 2 is 2.13 bits per heavy atom. The van der Waals surface area contributed by atoms with Crippen LogP contribution in [-0.2, 0) is 6.42 Å². The number of rotatable bonds is 3. The maximum atomic E-state index is 6.30. The lowest BCUT2D eigenvalue weighted by atomic mass is 10.1. The fourth-order valence-corrected chi connectivity index (χ4v) is 2.76. The van der Waals surface area contributed by atoms with Crippen LogP contribution in [0.5, 0.6) is 0 Å². The molecule has 0 bridgehead atoms. The van der Waals surface area contributed by atoms with E-state index in [2.05, 4.69) is 11.4 Å². The van der Waals surface area contributed by atoms with Crippen LogP contribution in [-0.4, -0.2) is 0 Å². The molecule has 0 N–H and O–H groups in total. The van der Waals surface area contributed by atoms with Crippen molar-refractivity contribution in [2.75, 3.05) is 0 Å². The first-order chi connectivity index (χ1) is 7.25. The van der Waals surface area contributed by atoms with Crippen molar-refractivity contribution in [3.63, 3.8) is 0 Å². The van der Waals surface area contributed by atoms with Gasteiger partial charge in [0.25, 0.3) is 0 Å². The Morgan fingerprint density at radius 3 is 2.80 bits per heavy atom. The molecule has 1 atom stereocenters. The van der Waals surface area contributed by atoms with Crippen molar-refractivity contribution in [1.29, 1.82) is 0 Å². The summed E-state index contributed by atoms with van der Waals surface area (Å²) in [6.45, 7) is 0. The number of thiophene rings is 1. The van der Waals surface area contributed by atoms with Crippen LogP contribution in [0.3, 0.4) is 0 Å². The predicted octanol–water partition coefficient (Wildman–Crippen LogP) is 4.92. The fraction of sp³-hybridized carbons (Fsp3) is 0.167. The molecule has 1 aromatic heterocycles. The first kappa shape index (κ1) is 11.0. The first-order valence-electron chi connectivity index (χ1n) is 4.66. The van der Waals surface area contributed by atoms with Gasteiger partial charge in [-0.3, -0.25) is 0 Å². The Kier molecular flexibility index (Phi) is 3.68. The standard InChI is InChI=1S/C12H10Cl2S/c13-11-3-1-2-9(6-11)7-12(14)10-4-5-15-8-10/h1-6,8,12H,7H2. The quantitative estimate of drug-likeness (QED) is 0.684. The van der Waals surface area contributed by atoms with Gasteiger partial charge in [0.05, 0.1) is 5.38 Å². The van der Waals surface area contributed by atoms with Gasteiger partial charge in [-0.25, -0.2) is 0 Å². The van der Waals surface area contributed by atoms with E-state index in [1.165, 1.54) is 11.1 Å². The molecule has 0 aliphatic carbocycles. The van der Waals surface area contributed by atoms with E-state index < -0.39 is 0 Å². The monoisotopic (exact) mass is 256 g/mol. The molecule has 78 valence electrons. The molecule has 0 saturated carbocycles. The minimum Gasteiger partial charge on any atom is -0.152 e. The third kappa shape index (κ3) is 2.97. The molecule has 15 heavy (non-hydrogen) atoms. The highest BCUT2D eigenvalue weighted by Gasteiger charge is 2.09. The average Bonchev–Trinajstić information content (AvgIpc) is 2.70. The Morgan fingerprint density at radius 1 is 1.27 bits per heavy atom. The van der Waals surface area contributed by atoms with E-state index in [4.69, 9.17) is 23.2 Å². The van der Waals surface area contributed by atoms with Gasteiger partial charge in [0.2, 0.25) is 0 Å². The Hall–Kier alpha value is -0.500. The zero-order chi connectivity index (χ0) is 10.7. The molecule has 2 aromatic rings. The highest BCUT2D eigenvalue weighted by atomic mass is 35.5. The first-order valence-corrected chi connectivity index (χ1v) is 6.42. The van der Waals surface area contributed by atoms with Crippen LogP contribution in [0.1, 0.15) is 16.5 Å². The van der Waals surface area contributed by atoms with E-state index >= 15 is 0 Å². The Labute approximate surface area is 103 Å². The molecule has 0 amide bonds. The molecule has 0 fully saturated rings. The van der Waals surface area contributed by atoms with Gasteiger partial charge in [-0.2, -0.15) is 11.3 Å². The summed E-state index contributed by atoms with van der Waals surface area (Å²) in [5.74, 6) is 0. The number of hydrogen-bond donors (Lipinski definition) is 0. The summed E-state index contributed by atoms with van der Waals surface area (Å²) in [7, 11) is 0. The minimum atomic E-state index is 0.0368. The lowest BCUT2D eigenvalue weighted by Gasteiger charge is -2.07. The maximum Gasteiger partial charge on any atom is 0.0633 e. The number of benzene rings is 1. The second-order valence-corrected chi connectivity index (χ2v) is 5.10. The van der Waals surface area contributed by atoms with Crippen LogP contribution in [0, 0.1) is 0 Å². The van der Waals surface area contributed by atoms with Gasteiger partial charge >= 0.3 is 0 Å². The van der Waals surface area contributed by atoms with Gasteiger partial charge in [-0.1, -0.05) is 23.7 Å². The molecule has 0 nitrogen and oxygen atoms in total. The summed E-state index contributed by atoms with van der Waals surface area (Å²) in [5, 5.41) is 4.93. The van der Waals surface area contributed by atoms with Crippen molar-refractivity contribution in [2.45, 2.75) is 11.8 Å². The zero-order valence-electron chi connectivity index (χ0n) is 7.99. The highest BCUT2D eigenvalue weighted by molar-refractivity contribution is 7.08. The van der Waals surface area contributed by atoms with Crippen molar-refractivity contribution >= 4 is 34.5 Å². The third-order valence-electron chi connectivity index (χ3n) is 2.21. The molecule has 0 aliphatic rings. The summed E-state index contributed by atoms with van der Waals surface area (Å²) < 4.78 is 0. The molecule has 2 rings (SSSR count). The second-order valence-electron chi connectivity index (χ2n) is 3.36. The molecule has 0 spiro atoms. The van der Waals surface area contributed by atoms with Crippen molar-refractivity contribution in [3.05, 3.63) is 57.2 Å². The predicted molar refractivity (Wildman–Crippen MR) is 68.1 cm³/mol. The zero-order valence-corrected chi connectivity index (χ0v) is 10.3. The molecular weight excluding hydrogens is 247 g/mol. The molecule has 1 aromatic carbocycles.